The Morgan fingerprint density at radius 3 is 3.12 bits per heavy atom. The van der Waals surface area contributed by atoms with Crippen molar-refractivity contribution in [2.24, 2.45) is 0 Å². The number of nitrogens with one attached hydrogen (secondary N) is 1. The maximum atomic E-state index is 6.01. The second kappa shape index (κ2) is 4.97. The zero-order valence-corrected chi connectivity index (χ0v) is 10.7. The molecule has 92 valence electrons. The van der Waals surface area contributed by atoms with Crippen molar-refractivity contribution in [3.63, 3.8) is 0 Å². The molecule has 1 aromatic rings. The van der Waals surface area contributed by atoms with Crippen molar-refractivity contribution in [3.05, 3.63) is 34.3 Å². The third-order valence-electron chi connectivity index (χ3n) is 3.80. The number of ether oxygens (including phenoxy) is 1. The maximum Gasteiger partial charge on any atom is 0.0700 e. The Kier molecular flexibility index (Phi) is 3.37. The van der Waals surface area contributed by atoms with Crippen LogP contribution in [-0.4, -0.2) is 19.3 Å². The predicted octanol–water partition coefficient (Wildman–Crippen LogP) is 3.10. The molecule has 17 heavy (non-hydrogen) atoms. The van der Waals surface area contributed by atoms with Crippen LogP contribution in [0.2, 0.25) is 5.02 Å². The predicted molar refractivity (Wildman–Crippen MR) is 69.5 cm³/mol. The molecule has 0 aromatic heterocycles. The van der Waals surface area contributed by atoms with Crippen molar-refractivity contribution in [1.82, 2.24) is 5.32 Å². The molecule has 0 spiro atoms. The van der Waals surface area contributed by atoms with Gasteiger partial charge in [0.2, 0.25) is 0 Å². The van der Waals surface area contributed by atoms with Crippen LogP contribution in [0.3, 0.4) is 0 Å². The van der Waals surface area contributed by atoms with Crippen molar-refractivity contribution in [3.8, 4) is 0 Å². The van der Waals surface area contributed by atoms with E-state index < -0.39 is 0 Å². The molecule has 1 N–H and O–H groups in total. The number of benzene rings is 1. The second-order valence-corrected chi connectivity index (χ2v) is 5.41. The molecule has 1 heterocycles. The molecule has 1 fully saturated rings. The molecule has 1 aliphatic heterocycles. The van der Waals surface area contributed by atoms with E-state index in [9.17, 15) is 0 Å². The first-order valence-electron chi connectivity index (χ1n) is 6.46. The Bertz CT molecular complexity index is 401. The normalized spacial score (nSPS) is 27.4. The zero-order chi connectivity index (χ0) is 11.7. The summed E-state index contributed by atoms with van der Waals surface area (Å²) < 4.78 is 5.64. The van der Waals surface area contributed by atoms with Gasteiger partial charge in [-0.1, -0.05) is 17.7 Å². The van der Waals surface area contributed by atoms with Gasteiger partial charge in [0, 0.05) is 24.2 Å². The lowest BCUT2D eigenvalue weighted by Gasteiger charge is -2.17. The Balaban J connectivity index is 1.63. The minimum Gasteiger partial charge on any atom is -0.377 e. The molecule has 2 unspecified atom stereocenters. The average Bonchev–Trinajstić information content (AvgIpc) is 2.94. The van der Waals surface area contributed by atoms with Crippen LogP contribution in [0.25, 0.3) is 0 Å². The van der Waals surface area contributed by atoms with Crippen LogP contribution in [0, 0.1) is 0 Å². The van der Waals surface area contributed by atoms with Crippen LogP contribution in [0.1, 0.15) is 36.4 Å². The monoisotopic (exact) mass is 251 g/mol. The van der Waals surface area contributed by atoms with Crippen molar-refractivity contribution >= 4 is 11.6 Å². The van der Waals surface area contributed by atoms with Gasteiger partial charge in [-0.3, -0.25) is 0 Å². The molecule has 2 atom stereocenters. The van der Waals surface area contributed by atoms with Crippen molar-refractivity contribution in [2.45, 2.75) is 37.8 Å². The van der Waals surface area contributed by atoms with Gasteiger partial charge in [0.25, 0.3) is 0 Å². The van der Waals surface area contributed by atoms with E-state index in [1.807, 2.05) is 6.07 Å². The molecular formula is C14H18ClNO. The third-order valence-corrected chi connectivity index (χ3v) is 4.03. The number of halogens is 1. The summed E-state index contributed by atoms with van der Waals surface area (Å²) in [6, 6.07) is 6.75. The minimum absolute atomic E-state index is 0.423. The lowest BCUT2D eigenvalue weighted by Crippen LogP contribution is -2.29. The summed E-state index contributed by atoms with van der Waals surface area (Å²) in [4.78, 5) is 0. The molecule has 2 aliphatic rings. The second-order valence-electron chi connectivity index (χ2n) is 4.98. The average molecular weight is 252 g/mol. The SMILES string of the molecule is Clc1ccc2c(c1)CCC2NCC1CCCO1. The summed E-state index contributed by atoms with van der Waals surface area (Å²) in [6.45, 7) is 1.91. The van der Waals surface area contributed by atoms with E-state index in [4.69, 9.17) is 16.3 Å². The van der Waals surface area contributed by atoms with Crippen molar-refractivity contribution < 1.29 is 4.74 Å². The van der Waals surface area contributed by atoms with E-state index in [1.165, 1.54) is 30.4 Å². The molecule has 0 amide bonds. The third kappa shape index (κ3) is 2.49. The Morgan fingerprint density at radius 1 is 1.35 bits per heavy atom. The molecule has 0 bridgehead atoms. The summed E-state index contributed by atoms with van der Waals surface area (Å²) in [5.74, 6) is 0. The molecule has 0 saturated carbocycles. The number of hydrogen-bond acceptors (Lipinski definition) is 2. The summed E-state index contributed by atoms with van der Waals surface area (Å²) in [7, 11) is 0. The molecule has 1 aliphatic carbocycles. The summed E-state index contributed by atoms with van der Waals surface area (Å²) in [5.41, 5.74) is 2.83. The standard InChI is InChI=1S/C14H18ClNO/c15-11-4-5-13-10(8-11)3-6-14(13)16-9-12-2-1-7-17-12/h4-5,8,12,14,16H,1-3,6-7,9H2. The first-order valence-corrected chi connectivity index (χ1v) is 6.84. The van der Waals surface area contributed by atoms with Gasteiger partial charge < -0.3 is 10.1 Å². The Labute approximate surface area is 107 Å². The molecule has 1 saturated heterocycles. The summed E-state index contributed by atoms with van der Waals surface area (Å²) in [5, 5.41) is 4.48. The number of fused-ring (bicyclic) bond motifs is 1. The minimum atomic E-state index is 0.423. The number of hydrogen-bond donors (Lipinski definition) is 1. The van der Waals surface area contributed by atoms with E-state index in [0.717, 1.165) is 24.6 Å². The molecule has 3 heteroatoms. The van der Waals surface area contributed by atoms with Crippen LogP contribution >= 0.6 is 11.6 Å². The van der Waals surface area contributed by atoms with Gasteiger partial charge in [0.15, 0.2) is 0 Å². The molecule has 1 aromatic carbocycles. The summed E-state index contributed by atoms with van der Waals surface area (Å²) >= 11 is 6.01. The van der Waals surface area contributed by atoms with Gasteiger partial charge in [-0.05, 0) is 48.9 Å². The molecule has 2 nitrogen and oxygen atoms in total. The van der Waals surface area contributed by atoms with E-state index >= 15 is 0 Å². The van der Waals surface area contributed by atoms with Gasteiger partial charge >= 0.3 is 0 Å². The van der Waals surface area contributed by atoms with Gasteiger partial charge in [-0.15, -0.1) is 0 Å². The van der Waals surface area contributed by atoms with E-state index in [0.29, 0.717) is 12.1 Å². The fourth-order valence-corrected chi connectivity index (χ4v) is 3.07. The summed E-state index contributed by atoms with van der Waals surface area (Å²) in [6.07, 6.45) is 5.16. The molecular weight excluding hydrogens is 234 g/mol. The Morgan fingerprint density at radius 2 is 2.29 bits per heavy atom. The lowest BCUT2D eigenvalue weighted by molar-refractivity contribution is 0.107. The van der Waals surface area contributed by atoms with Gasteiger partial charge in [-0.25, -0.2) is 0 Å². The highest BCUT2D eigenvalue weighted by molar-refractivity contribution is 6.30. The fraction of sp³-hybridized carbons (Fsp3) is 0.571. The topological polar surface area (TPSA) is 21.3 Å². The van der Waals surface area contributed by atoms with Crippen LogP contribution in [0.15, 0.2) is 18.2 Å². The van der Waals surface area contributed by atoms with Crippen LogP contribution in [0.4, 0.5) is 0 Å². The number of aryl methyl sites for hydroxylation is 1. The first-order chi connectivity index (χ1) is 8.33. The van der Waals surface area contributed by atoms with Crippen LogP contribution in [0.5, 0.6) is 0 Å². The molecule has 3 rings (SSSR count). The van der Waals surface area contributed by atoms with Crippen molar-refractivity contribution in [2.75, 3.05) is 13.2 Å². The number of rotatable bonds is 3. The highest BCUT2D eigenvalue weighted by atomic mass is 35.5. The van der Waals surface area contributed by atoms with E-state index in [-0.39, 0.29) is 0 Å². The highest BCUT2D eigenvalue weighted by Crippen LogP contribution is 2.32. The molecule has 0 radical (unpaired) electrons. The quantitative estimate of drug-likeness (QED) is 0.892. The lowest BCUT2D eigenvalue weighted by atomic mass is 10.1. The van der Waals surface area contributed by atoms with Gasteiger partial charge in [0.1, 0.15) is 0 Å². The largest absolute Gasteiger partial charge is 0.377 e. The highest BCUT2D eigenvalue weighted by Gasteiger charge is 2.24. The van der Waals surface area contributed by atoms with Gasteiger partial charge in [-0.2, -0.15) is 0 Å². The fourth-order valence-electron chi connectivity index (χ4n) is 2.88. The van der Waals surface area contributed by atoms with Crippen LogP contribution < -0.4 is 5.32 Å². The Hall–Kier alpha value is -0.570. The first kappa shape index (κ1) is 11.5. The zero-order valence-electron chi connectivity index (χ0n) is 9.92. The maximum absolute atomic E-state index is 6.01. The smallest absolute Gasteiger partial charge is 0.0700 e. The van der Waals surface area contributed by atoms with Crippen molar-refractivity contribution in [1.29, 1.82) is 0 Å². The van der Waals surface area contributed by atoms with E-state index in [2.05, 4.69) is 17.4 Å². The van der Waals surface area contributed by atoms with Gasteiger partial charge in [0.05, 0.1) is 6.10 Å². The van der Waals surface area contributed by atoms with E-state index in [1.54, 1.807) is 0 Å². The van der Waals surface area contributed by atoms with Crippen LogP contribution in [-0.2, 0) is 11.2 Å².